The summed E-state index contributed by atoms with van der Waals surface area (Å²) in [5, 5.41) is 18.9. The van der Waals surface area contributed by atoms with Crippen LogP contribution in [0.25, 0.3) is 0 Å². The molecule has 0 radical (unpaired) electrons. The molecular weight excluding hydrogens is 206 g/mol. The first kappa shape index (κ1) is 12.6. The molecule has 0 unspecified atom stereocenters. The van der Waals surface area contributed by atoms with E-state index in [9.17, 15) is 10.2 Å². The molecule has 0 fully saturated rings. The lowest BCUT2D eigenvalue weighted by Crippen LogP contribution is -2.13. The van der Waals surface area contributed by atoms with Gasteiger partial charge in [0.25, 0.3) is 0 Å². The molecule has 0 amide bonds. The molecule has 90 valence electrons. The number of ether oxygens (including phenoxy) is 1. The molecule has 0 aromatic heterocycles. The van der Waals surface area contributed by atoms with Crippen LogP contribution in [0, 0.1) is 0 Å². The first-order valence-corrected chi connectivity index (χ1v) is 5.28. The molecule has 1 aromatic carbocycles. The van der Waals surface area contributed by atoms with E-state index in [2.05, 4.69) is 4.90 Å². The second-order valence-corrected chi connectivity index (χ2v) is 4.07. The van der Waals surface area contributed by atoms with Crippen molar-refractivity contribution in [1.82, 2.24) is 4.90 Å². The maximum atomic E-state index is 9.48. The van der Waals surface area contributed by atoms with Crippen LogP contribution < -0.4 is 4.74 Å². The van der Waals surface area contributed by atoms with Crippen molar-refractivity contribution in [2.45, 2.75) is 12.8 Å². The molecule has 0 saturated carbocycles. The molecule has 0 bridgehead atoms. The highest BCUT2D eigenvalue weighted by atomic mass is 16.5. The molecule has 0 spiro atoms. The van der Waals surface area contributed by atoms with Crippen LogP contribution in [0.3, 0.4) is 0 Å². The maximum Gasteiger partial charge on any atom is 0.200 e. The van der Waals surface area contributed by atoms with Gasteiger partial charge in [-0.05, 0) is 51.2 Å². The molecule has 0 saturated heterocycles. The van der Waals surface area contributed by atoms with Gasteiger partial charge in [-0.1, -0.05) is 0 Å². The Morgan fingerprint density at radius 3 is 2.50 bits per heavy atom. The van der Waals surface area contributed by atoms with Crippen LogP contribution in [-0.2, 0) is 6.42 Å². The summed E-state index contributed by atoms with van der Waals surface area (Å²) in [6, 6.07) is 3.33. The van der Waals surface area contributed by atoms with Gasteiger partial charge in [-0.3, -0.25) is 0 Å². The van der Waals surface area contributed by atoms with Crippen LogP contribution in [0.5, 0.6) is 17.2 Å². The number of benzene rings is 1. The summed E-state index contributed by atoms with van der Waals surface area (Å²) in [5.41, 5.74) is 0.967. The quantitative estimate of drug-likeness (QED) is 0.747. The van der Waals surface area contributed by atoms with E-state index in [4.69, 9.17) is 4.74 Å². The van der Waals surface area contributed by atoms with Gasteiger partial charge in [-0.2, -0.15) is 0 Å². The number of hydrogen-bond acceptors (Lipinski definition) is 4. The van der Waals surface area contributed by atoms with Gasteiger partial charge < -0.3 is 19.8 Å². The van der Waals surface area contributed by atoms with Gasteiger partial charge in [0.1, 0.15) is 0 Å². The molecule has 4 heteroatoms. The smallest absolute Gasteiger partial charge is 0.200 e. The molecule has 0 heterocycles. The zero-order valence-corrected chi connectivity index (χ0v) is 10.0. The van der Waals surface area contributed by atoms with Crippen LogP contribution in [0.2, 0.25) is 0 Å². The summed E-state index contributed by atoms with van der Waals surface area (Å²) in [6.45, 7) is 0.990. The Bertz CT molecular complexity index is 350. The molecule has 2 N–H and O–H groups in total. The largest absolute Gasteiger partial charge is 0.504 e. The molecule has 4 nitrogen and oxygen atoms in total. The highest BCUT2D eigenvalue weighted by Gasteiger charge is 2.09. The summed E-state index contributed by atoms with van der Waals surface area (Å²) in [7, 11) is 5.52. The fourth-order valence-corrected chi connectivity index (χ4v) is 1.55. The van der Waals surface area contributed by atoms with Crippen LogP contribution in [-0.4, -0.2) is 42.9 Å². The van der Waals surface area contributed by atoms with Crippen molar-refractivity contribution in [2.24, 2.45) is 0 Å². The standard InChI is InChI=1S/C12H19NO3/c1-13(2)6-4-5-9-7-10(14)12(15)11(8-9)16-3/h7-8,14-15H,4-6H2,1-3H3. The third kappa shape index (κ3) is 3.31. The number of aryl methyl sites for hydroxylation is 1. The molecule has 16 heavy (non-hydrogen) atoms. The Hall–Kier alpha value is -1.42. The Morgan fingerprint density at radius 1 is 1.25 bits per heavy atom. The highest BCUT2D eigenvalue weighted by Crippen LogP contribution is 2.36. The molecule has 1 aromatic rings. The number of hydrogen-bond donors (Lipinski definition) is 2. The average molecular weight is 225 g/mol. The third-order valence-corrected chi connectivity index (χ3v) is 2.41. The van der Waals surface area contributed by atoms with E-state index < -0.39 is 0 Å². The van der Waals surface area contributed by atoms with Gasteiger partial charge in [0.2, 0.25) is 5.75 Å². The predicted octanol–water partition coefficient (Wildman–Crippen LogP) is 1.60. The number of phenolic OH excluding ortho intramolecular Hbond substituents is 2. The lowest BCUT2D eigenvalue weighted by molar-refractivity contribution is 0.349. The lowest BCUT2D eigenvalue weighted by Gasteiger charge is -2.11. The van der Waals surface area contributed by atoms with Crippen molar-refractivity contribution in [1.29, 1.82) is 0 Å². The number of methoxy groups -OCH3 is 1. The van der Waals surface area contributed by atoms with Gasteiger partial charge >= 0.3 is 0 Å². The summed E-state index contributed by atoms with van der Waals surface area (Å²) < 4.78 is 4.97. The summed E-state index contributed by atoms with van der Waals surface area (Å²) >= 11 is 0. The topological polar surface area (TPSA) is 52.9 Å². The van der Waals surface area contributed by atoms with Crippen LogP contribution in [0.1, 0.15) is 12.0 Å². The highest BCUT2D eigenvalue weighted by molar-refractivity contribution is 5.51. The normalized spacial score (nSPS) is 10.8. The number of rotatable bonds is 5. The van der Waals surface area contributed by atoms with Crippen molar-refractivity contribution in [2.75, 3.05) is 27.7 Å². The fraction of sp³-hybridized carbons (Fsp3) is 0.500. The zero-order valence-electron chi connectivity index (χ0n) is 10.0. The first-order chi connectivity index (χ1) is 7.54. The second kappa shape index (κ2) is 5.61. The SMILES string of the molecule is COc1cc(CCCN(C)C)cc(O)c1O. The van der Waals surface area contributed by atoms with E-state index in [-0.39, 0.29) is 11.5 Å². The van der Waals surface area contributed by atoms with Gasteiger partial charge in [0.15, 0.2) is 11.5 Å². The monoisotopic (exact) mass is 225 g/mol. The van der Waals surface area contributed by atoms with Gasteiger partial charge in [0.05, 0.1) is 7.11 Å². The van der Waals surface area contributed by atoms with Gasteiger partial charge in [0, 0.05) is 0 Å². The summed E-state index contributed by atoms with van der Waals surface area (Å²) in [5.74, 6) is -0.00193. The minimum Gasteiger partial charge on any atom is -0.504 e. The predicted molar refractivity (Wildman–Crippen MR) is 63.2 cm³/mol. The molecule has 1 rings (SSSR count). The second-order valence-electron chi connectivity index (χ2n) is 4.07. The number of aromatic hydroxyl groups is 2. The molecule has 0 aliphatic carbocycles. The van der Waals surface area contributed by atoms with Crippen molar-refractivity contribution >= 4 is 0 Å². The van der Waals surface area contributed by atoms with Crippen LogP contribution >= 0.6 is 0 Å². The lowest BCUT2D eigenvalue weighted by atomic mass is 10.1. The average Bonchev–Trinajstić information content (AvgIpc) is 2.22. The van der Waals surface area contributed by atoms with Crippen LogP contribution in [0.15, 0.2) is 12.1 Å². The zero-order chi connectivity index (χ0) is 12.1. The number of nitrogens with zero attached hydrogens (tertiary/aromatic N) is 1. The Labute approximate surface area is 96.1 Å². The minimum absolute atomic E-state index is 0.126. The van der Waals surface area contributed by atoms with Crippen molar-refractivity contribution < 1.29 is 14.9 Å². The third-order valence-electron chi connectivity index (χ3n) is 2.41. The van der Waals surface area contributed by atoms with E-state index >= 15 is 0 Å². The van der Waals surface area contributed by atoms with E-state index in [1.165, 1.54) is 7.11 Å². The van der Waals surface area contributed by atoms with Crippen molar-refractivity contribution in [3.8, 4) is 17.2 Å². The van der Waals surface area contributed by atoms with Gasteiger partial charge in [-0.15, -0.1) is 0 Å². The molecular formula is C12H19NO3. The Morgan fingerprint density at radius 2 is 1.94 bits per heavy atom. The van der Waals surface area contributed by atoms with E-state index in [1.54, 1.807) is 12.1 Å². The van der Waals surface area contributed by atoms with Crippen molar-refractivity contribution in [3.63, 3.8) is 0 Å². The fourth-order valence-electron chi connectivity index (χ4n) is 1.55. The van der Waals surface area contributed by atoms with E-state index in [0.717, 1.165) is 24.9 Å². The Kier molecular flexibility index (Phi) is 4.43. The molecule has 0 aliphatic rings. The first-order valence-electron chi connectivity index (χ1n) is 5.28. The number of phenols is 2. The van der Waals surface area contributed by atoms with Crippen LogP contribution in [0.4, 0.5) is 0 Å². The van der Waals surface area contributed by atoms with E-state index in [1.807, 2.05) is 14.1 Å². The maximum absolute atomic E-state index is 9.48. The summed E-state index contributed by atoms with van der Waals surface area (Å²) in [4.78, 5) is 2.11. The molecule has 0 atom stereocenters. The van der Waals surface area contributed by atoms with Crippen molar-refractivity contribution in [3.05, 3.63) is 17.7 Å². The molecule has 0 aliphatic heterocycles. The van der Waals surface area contributed by atoms with Gasteiger partial charge in [-0.25, -0.2) is 0 Å². The Balaban J connectivity index is 2.70. The van der Waals surface area contributed by atoms with E-state index in [0.29, 0.717) is 5.75 Å². The minimum atomic E-state index is -0.196. The summed E-state index contributed by atoms with van der Waals surface area (Å²) in [6.07, 6.45) is 1.85.